The van der Waals surface area contributed by atoms with E-state index in [1.165, 1.54) is 22.1 Å². The van der Waals surface area contributed by atoms with Crippen LogP contribution in [0.1, 0.15) is 25.8 Å². The summed E-state index contributed by atoms with van der Waals surface area (Å²) in [6.45, 7) is 9.16. The molecule has 0 aliphatic carbocycles. The zero-order valence-electron chi connectivity index (χ0n) is 11.3. The number of nitrogens with one attached hydrogen (secondary N) is 1. The summed E-state index contributed by atoms with van der Waals surface area (Å²) < 4.78 is 1.32. The minimum atomic E-state index is 0.693. The van der Waals surface area contributed by atoms with Crippen LogP contribution < -0.4 is 5.32 Å². The van der Waals surface area contributed by atoms with E-state index in [1.54, 1.807) is 0 Å². The number of halogens is 1. The Labute approximate surface area is 124 Å². The molecule has 1 saturated heterocycles. The van der Waals surface area contributed by atoms with Crippen molar-refractivity contribution < 1.29 is 0 Å². The third-order valence-corrected chi connectivity index (χ3v) is 4.23. The van der Waals surface area contributed by atoms with Crippen molar-refractivity contribution in [1.82, 2.24) is 10.2 Å². The van der Waals surface area contributed by atoms with Crippen molar-refractivity contribution in [2.75, 3.05) is 19.6 Å². The van der Waals surface area contributed by atoms with Crippen molar-refractivity contribution >= 4 is 22.6 Å². The summed E-state index contributed by atoms with van der Waals surface area (Å²) in [5, 5.41) is 3.52. The van der Waals surface area contributed by atoms with Crippen molar-refractivity contribution in [3.8, 4) is 0 Å². The molecule has 2 nitrogen and oxygen atoms in total. The smallest absolute Gasteiger partial charge is 0.0237 e. The topological polar surface area (TPSA) is 15.3 Å². The molecular weight excluding hydrogens is 335 g/mol. The molecule has 100 valence electrons. The second-order valence-corrected chi connectivity index (χ2v) is 6.83. The van der Waals surface area contributed by atoms with Gasteiger partial charge in [-0.3, -0.25) is 4.90 Å². The van der Waals surface area contributed by atoms with Gasteiger partial charge < -0.3 is 5.32 Å². The fourth-order valence-electron chi connectivity index (χ4n) is 2.61. The maximum atomic E-state index is 3.52. The highest BCUT2D eigenvalue weighted by Gasteiger charge is 2.22. The van der Waals surface area contributed by atoms with Crippen LogP contribution in [-0.4, -0.2) is 30.6 Å². The molecule has 1 atom stereocenters. The van der Waals surface area contributed by atoms with Crippen LogP contribution in [0.2, 0.25) is 0 Å². The van der Waals surface area contributed by atoms with Crippen molar-refractivity contribution in [2.45, 2.75) is 32.9 Å². The summed E-state index contributed by atoms with van der Waals surface area (Å²) in [6.07, 6.45) is 1.29. The molecule has 1 aliphatic rings. The Balaban J connectivity index is 1.98. The Hall–Kier alpha value is -0.130. The lowest BCUT2D eigenvalue weighted by molar-refractivity contribution is 0.134. The summed E-state index contributed by atoms with van der Waals surface area (Å²) in [5.74, 6) is 0.772. The Kier molecular flexibility index (Phi) is 5.45. The van der Waals surface area contributed by atoms with Gasteiger partial charge in [-0.05, 0) is 52.6 Å². The second-order valence-electron chi connectivity index (χ2n) is 5.58. The molecule has 0 radical (unpaired) electrons. The summed E-state index contributed by atoms with van der Waals surface area (Å²) in [7, 11) is 0. The monoisotopic (exact) mass is 358 g/mol. The molecular formula is C15H23IN2. The molecule has 0 bridgehead atoms. The van der Waals surface area contributed by atoms with Gasteiger partial charge in [0.25, 0.3) is 0 Å². The molecule has 1 fully saturated rings. The van der Waals surface area contributed by atoms with Crippen LogP contribution in [0.15, 0.2) is 24.3 Å². The van der Waals surface area contributed by atoms with Crippen LogP contribution in [0.25, 0.3) is 0 Å². The molecule has 0 saturated carbocycles. The summed E-state index contributed by atoms with van der Waals surface area (Å²) in [4.78, 5) is 2.64. The van der Waals surface area contributed by atoms with Gasteiger partial charge in [-0.2, -0.15) is 0 Å². The van der Waals surface area contributed by atoms with E-state index in [9.17, 15) is 0 Å². The lowest BCUT2D eigenvalue weighted by Gasteiger charge is -2.37. The van der Waals surface area contributed by atoms with Gasteiger partial charge >= 0.3 is 0 Å². The molecule has 0 aromatic heterocycles. The summed E-state index contributed by atoms with van der Waals surface area (Å²) in [5.41, 5.74) is 1.44. The quantitative estimate of drug-likeness (QED) is 0.833. The first kappa shape index (κ1) is 14.3. The normalized spacial score (nSPS) is 21.4. The predicted molar refractivity (Wildman–Crippen MR) is 85.7 cm³/mol. The number of hydrogen-bond acceptors (Lipinski definition) is 2. The highest BCUT2D eigenvalue weighted by atomic mass is 127. The Morgan fingerprint density at radius 1 is 1.33 bits per heavy atom. The van der Waals surface area contributed by atoms with Crippen molar-refractivity contribution in [3.05, 3.63) is 33.4 Å². The van der Waals surface area contributed by atoms with Crippen molar-refractivity contribution in [3.63, 3.8) is 0 Å². The minimum absolute atomic E-state index is 0.693. The van der Waals surface area contributed by atoms with Crippen LogP contribution in [0.5, 0.6) is 0 Å². The Bertz CT molecular complexity index is 361. The van der Waals surface area contributed by atoms with Gasteiger partial charge in [0.05, 0.1) is 0 Å². The predicted octanol–water partition coefficient (Wildman–Crippen LogP) is 3.11. The van der Waals surface area contributed by atoms with Gasteiger partial charge in [0.1, 0.15) is 0 Å². The molecule has 0 spiro atoms. The first-order valence-corrected chi connectivity index (χ1v) is 7.92. The number of benzene rings is 1. The van der Waals surface area contributed by atoms with Crippen molar-refractivity contribution in [2.24, 2.45) is 5.92 Å². The molecule has 1 aliphatic heterocycles. The van der Waals surface area contributed by atoms with Crippen LogP contribution in [-0.2, 0) is 6.54 Å². The lowest BCUT2D eigenvalue weighted by Crippen LogP contribution is -2.51. The van der Waals surface area contributed by atoms with E-state index < -0.39 is 0 Å². The third-order valence-electron chi connectivity index (χ3n) is 3.51. The SMILES string of the molecule is CC(C)CC1CNCCN1Cc1ccc(I)cc1. The Morgan fingerprint density at radius 2 is 2.06 bits per heavy atom. The Morgan fingerprint density at radius 3 is 2.72 bits per heavy atom. The zero-order chi connectivity index (χ0) is 13.0. The highest BCUT2D eigenvalue weighted by Crippen LogP contribution is 2.17. The van der Waals surface area contributed by atoms with E-state index in [4.69, 9.17) is 0 Å². The van der Waals surface area contributed by atoms with E-state index in [-0.39, 0.29) is 0 Å². The van der Waals surface area contributed by atoms with E-state index in [0.29, 0.717) is 6.04 Å². The van der Waals surface area contributed by atoms with E-state index in [1.807, 2.05) is 0 Å². The first-order chi connectivity index (χ1) is 8.65. The number of rotatable bonds is 4. The van der Waals surface area contributed by atoms with Gasteiger partial charge in [0.2, 0.25) is 0 Å². The maximum Gasteiger partial charge on any atom is 0.0237 e. The number of hydrogen-bond donors (Lipinski definition) is 1. The second kappa shape index (κ2) is 6.87. The van der Waals surface area contributed by atoms with Crippen LogP contribution in [0.4, 0.5) is 0 Å². The lowest BCUT2D eigenvalue weighted by atomic mass is 10.00. The summed E-state index contributed by atoms with van der Waals surface area (Å²) in [6, 6.07) is 9.62. The van der Waals surface area contributed by atoms with E-state index in [0.717, 1.165) is 25.6 Å². The van der Waals surface area contributed by atoms with Crippen LogP contribution >= 0.6 is 22.6 Å². The minimum Gasteiger partial charge on any atom is -0.314 e. The summed E-state index contributed by atoms with van der Waals surface area (Å²) >= 11 is 2.36. The molecule has 1 heterocycles. The molecule has 1 aromatic rings. The van der Waals surface area contributed by atoms with Gasteiger partial charge in [-0.1, -0.05) is 26.0 Å². The standard InChI is InChI=1S/C15H23IN2/c1-12(2)9-15-10-17-7-8-18(15)11-13-3-5-14(16)6-4-13/h3-6,12,15,17H,7-11H2,1-2H3. The zero-order valence-corrected chi connectivity index (χ0v) is 13.5. The van der Waals surface area contributed by atoms with Gasteiger partial charge in [0.15, 0.2) is 0 Å². The molecule has 0 amide bonds. The molecule has 18 heavy (non-hydrogen) atoms. The van der Waals surface area contributed by atoms with E-state index >= 15 is 0 Å². The number of nitrogens with zero attached hydrogens (tertiary/aromatic N) is 1. The first-order valence-electron chi connectivity index (χ1n) is 6.84. The fraction of sp³-hybridized carbons (Fsp3) is 0.600. The molecule has 2 rings (SSSR count). The molecule has 3 heteroatoms. The van der Waals surface area contributed by atoms with Crippen LogP contribution in [0, 0.1) is 9.49 Å². The number of piperazine rings is 1. The highest BCUT2D eigenvalue weighted by molar-refractivity contribution is 14.1. The van der Waals surface area contributed by atoms with Crippen LogP contribution in [0.3, 0.4) is 0 Å². The average molecular weight is 358 g/mol. The third kappa shape index (κ3) is 4.21. The molecule has 1 unspecified atom stereocenters. The van der Waals surface area contributed by atoms with Gasteiger partial charge in [-0.25, -0.2) is 0 Å². The fourth-order valence-corrected chi connectivity index (χ4v) is 2.97. The molecule has 1 aromatic carbocycles. The maximum absolute atomic E-state index is 3.52. The van der Waals surface area contributed by atoms with E-state index in [2.05, 4.69) is 70.9 Å². The average Bonchev–Trinajstić information content (AvgIpc) is 2.34. The van der Waals surface area contributed by atoms with Gasteiger partial charge in [0, 0.05) is 35.8 Å². The van der Waals surface area contributed by atoms with Gasteiger partial charge in [-0.15, -0.1) is 0 Å². The van der Waals surface area contributed by atoms with Crippen molar-refractivity contribution in [1.29, 1.82) is 0 Å². The molecule has 1 N–H and O–H groups in total. The largest absolute Gasteiger partial charge is 0.314 e.